The summed E-state index contributed by atoms with van der Waals surface area (Å²) in [4.78, 5) is 4.98. The first kappa shape index (κ1) is 17.7. The summed E-state index contributed by atoms with van der Waals surface area (Å²) in [6.45, 7) is 7.86. The van der Waals surface area contributed by atoms with Gasteiger partial charge in [-0.05, 0) is 55.0 Å². The fourth-order valence-corrected chi connectivity index (χ4v) is 4.17. The van der Waals surface area contributed by atoms with Crippen LogP contribution in [0, 0.1) is 0 Å². The zero-order valence-corrected chi connectivity index (χ0v) is 15.6. The van der Waals surface area contributed by atoms with Crippen LogP contribution in [0.1, 0.15) is 36.5 Å². The summed E-state index contributed by atoms with van der Waals surface area (Å²) in [5, 5.41) is 0. The Morgan fingerprint density at radius 2 is 1.71 bits per heavy atom. The van der Waals surface area contributed by atoms with Gasteiger partial charge in [0.05, 0.1) is 12.9 Å². The van der Waals surface area contributed by atoms with E-state index in [-0.39, 0.29) is 6.61 Å². The molecule has 0 amide bonds. The highest BCUT2D eigenvalue weighted by Gasteiger charge is 2.23. The van der Waals surface area contributed by atoms with Gasteiger partial charge in [-0.1, -0.05) is 13.0 Å². The number of anilines is 1. The van der Waals surface area contributed by atoms with E-state index in [9.17, 15) is 8.42 Å². The molecule has 1 heterocycles. The molecule has 2 aliphatic rings. The predicted molar refractivity (Wildman–Crippen MR) is 97.0 cm³/mol. The first-order chi connectivity index (χ1) is 11.5. The molecule has 0 atom stereocenters. The quantitative estimate of drug-likeness (QED) is 0.760. The van der Waals surface area contributed by atoms with E-state index < -0.39 is 10.1 Å². The van der Waals surface area contributed by atoms with E-state index in [4.69, 9.17) is 4.18 Å². The summed E-state index contributed by atoms with van der Waals surface area (Å²) in [6, 6.07) is 4.24. The molecule has 0 unspecified atom stereocenters. The molecule has 1 aromatic rings. The Bertz CT molecular complexity index is 680. The van der Waals surface area contributed by atoms with Crippen molar-refractivity contribution in [2.75, 3.05) is 43.9 Å². The number of hydrogen-bond donors (Lipinski definition) is 0. The minimum atomic E-state index is -3.40. The molecule has 1 saturated heterocycles. The number of likely N-dealkylation sites (N-methyl/N-ethyl adjacent to an activating group) is 1. The zero-order valence-electron chi connectivity index (χ0n) is 14.8. The fraction of sp³-hybridized carbons (Fsp3) is 0.667. The highest BCUT2D eigenvalue weighted by atomic mass is 32.2. The number of fused-ring (bicyclic) bond motifs is 1. The summed E-state index contributed by atoms with van der Waals surface area (Å²) < 4.78 is 27.7. The fourth-order valence-electron chi connectivity index (χ4n) is 3.83. The van der Waals surface area contributed by atoms with Gasteiger partial charge >= 0.3 is 0 Å². The largest absolute Gasteiger partial charge is 0.369 e. The minimum Gasteiger partial charge on any atom is -0.369 e. The van der Waals surface area contributed by atoms with Gasteiger partial charge in [0.15, 0.2) is 0 Å². The van der Waals surface area contributed by atoms with Crippen LogP contribution >= 0.6 is 0 Å². The lowest BCUT2D eigenvalue weighted by Gasteiger charge is -2.37. The smallest absolute Gasteiger partial charge is 0.264 e. The van der Waals surface area contributed by atoms with Crippen LogP contribution in [0.2, 0.25) is 0 Å². The molecule has 0 spiro atoms. The molecule has 1 aliphatic heterocycles. The van der Waals surface area contributed by atoms with Crippen LogP contribution in [-0.4, -0.2) is 52.3 Å². The van der Waals surface area contributed by atoms with Crippen LogP contribution in [-0.2, 0) is 33.7 Å². The maximum Gasteiger partial charge on any atom is 0.264 e. The molecule has 6 heteroatoms. The lowest BCUT2D eigenvalue weighted by molar-refractivity contribution is 0.271. The van der Waals surface area contributed by atoms with Crippen LogP contribution in [0.4, 0.5) is 5.69 Å². The molecule has 24 heavy (non-hydrogen) atoms. The first-order valence-corrected chi connectivity index (χ1v) is 10.7. The maximum atomic E-state index is 11.3. The molecule has 1 aliphatic carbocycles. The van der Waals surface area contributed by atoms with E-state index in [0.717, 1.165) is 57.4 Å². The minimum absolute atomic E-state index is 0.158. The molecule has 0 radical (unpaired) electrons. The monoisotopic (exact) mass is 352 g/mol. The van der Waals surface area contributed by atoms with Gasteiger partial charge in [0, 0.05) is 31.9 Å². The molecular weight excluding hydrogens is 324 g/mol. The van der Waals surface area contributed by atoms with Crippen molar-refractivity contribution in [2.24, 2.45) is 0 Å². The van der Waals surface area contributed by atoms with Crippen LogP contribution in [0.5, 0.6) is 0 Å². The molecule has 134 valence electrons. The zero-order chi connectivity index (χ0) is 17.2. The number of benzene rings is 1. The molecule has 3 rings (SSSR count). The van der Waals surface area contributed by atoms with Gasteiger partial charge < -0.3 is 9.80 Å². The lowest BCUT2D eigenvalue weighted by Crippen LogP contribution is -2.46. The van der Waals surface area contributed by atoms with Gasteiger partial charge in [0.25, 0.3) is 10.1 Å². The van der Waals surface area contributed by atoms with E-state index in [1.54, 1.807) is 0 Å². The number of nitrogens with zero attached hydrogens (tertiary/aromatic N) is 2. The van der Waals surface area contributed by atoms with Crippen LogP contribution < -0.4 is 4.90 Å². The van der Waals surface area contributed by atoms with Crippen molar-refractivity contribution in [3.63, 3.8) is 0 Å². The molecular formula is C18H28N2O3S. The summed E-state index contributed by atoms with van der Waals surface area (Å²) in [7, 11) is -3.40. The Labute approximate surface area is 145 Å². The van der Waals surface area contributed by atoms with Gasteiger partial charge in [-0.25, -0.2) is 0 Å². The van der Waals surface area contributed by atoms with Crippen molar-refractivity contribution in [2.45, 2.75) is 39.2 Å². The first-order valence-electron chi connectivity index (χ1n) is 8.93. The third-order valence-corrected chi connectivity index (χ3v) is 5.74. The normalized spacial score (nSPS) is 19.3. The second-order valence-corrected chi connectivity index (χ2v) is 8.44. The predicted octanol–water partition coefficient (Wildman–Crippen LogP) is 2.18. The highest BCUT2D eigenvalue weighted by molar-refractivity contribution is 7.85. The number of piperazine rings is 1. The molecule has 0 N–H and O–H groups in total. The topological polar surface area (TPSA) is 49.9 Å². The summed E-state index contributed by atoms with van der Waals surface area (Å²) in [6.07, 6.45) is 5.62. The van der Waals surface area contributed by atoms with E-state index in [2.05, 4.69) is 28.9 Å². The van der Waals surface area contributed by atoms with Crippen molar-refractivity contribution < 1.29 is 12.6 Å². The molecule has 1 fully saturated rings. The third kappa shape index (κ3) is 4.10. The molecule has 0 saturated carbocycles. The van der Waals surface area contributed by atoms with Crippen LogP contribution in [0.25, 0.3) is 0 Å². The number of rotatable bonds is 5. The molecule has 0 bridgehead atoms. The van der Waals surface area contributed by atoms with E-state index >= 15 is 0 Å². The number of hydrogen-bond acceptors (Lipinski definition) is 5. The average Bonchev–Trinajstić information content (AvgIpc) is 2.59. The Balaban J connectivity index is 1.84. The van der Waals surface area contributed by atoms with Gasteiger partial charge in [-0.15, -0.1) is 0 Å². The van der Waals surface area contributed by atoms with Crippen molar-refractivity contribution in [3.05, 3.63) is 28.8 Å². The van der Waals surface area contributed by atoms with Gasteiger partial charge in [0.2, 0.25) is 0 Å². The average molecular weight is 353 g/mol. The van der Waals surface area contributed by atoms with E-state index in [1.165, 1.54) is 29.7 Å². The molecule has 5 nitrogen and oxygen atoms in total. The second-order valence-electron chi connectivity index (χ2n) is 6.80. The van der Waals surface area contributed by atoms with E-state index in [1.807, 2.05) is 0 Å². The SMILES string of the molecule is CCN1CCN(c2ccc(COS(C)(=O)=O)c3c2CCCC3)CC1. The van der Waals surface area contributed by atoms with Crippen molar-refractivity contribution >= 4 is 15.8 Å². The Morgan fingerprint density at radius 3 is 2.33 bits per heavy atom. The third-order valence-electron chi connectivity index (χ3n) is 5.20. The highest BCUT2D eigenvalue weighted by Crippen LogP contribution is 2.34. The second kappa shape index (κ2) is 7.42. The Hall–Kier alpha value is -1.11. The van der Waals surface area contributed by atoms with Crippen molar-refractivity contribution in [1.82, 2.24) is 4.90 Å². The summed E-state index contributed by atoms with van der Waals surface area (Å²) in [5.41, 5.74) is 5.12. The van der Waals surface area contributed by atoms with E-state index in [0.29, 0.717) is 0 Å². The summed E-state index contributed by atoms with van der Waals surface area (Å²) >= 11 is 0. The Morgan fingerprint density at radius 1 is 1.04 bits per heavy atom. The summed E-state index contributed by atoms with van der Waals surface area (Å²) in [5.74, 6) is 0. The molecule has 1 aromatic carbocycles. The van der Waals surface area contributed by atoms with Gasteiger partial charge in [-0.2, -0.15) is 8.42 Å². The van der Waals surface area contributed by atoms with Gasteiger partial charge in [-0.3, -0.25) is 4.18 Å². The lowest BCUT2D eigenvalue weighted by atomic mass is 9.86. The van der Waals surface area contributed by atoms with Gasteiger partial charge in [0.1, 0.15) is 0 Å². The Kier molecular flexibility index (Phi) is 5.47. The maximum absolute atomic E-state index is 11.3. The molecule has 0 aromatic heterocycles. The van der Waals surface area contributed by atoms with Crippen LogP contribution in [0.3, 0.4) is 0 Å². The standard InChI is InChI=1S/C18H28N2O3S/c1-3-19-10-12-20(13-11-19)18-9-8-15(14-23-24(2,21)22)16-6-4-5-7-17(16)18/h8-9H,3-7,10-14H2,1-2H3. The van der Waals surface area contributed by atoms with Crippen LogP contribution in [0.15, 0.2) is 12.1 Å². The van der Waals surface area contributed by atoms with Crippen molar-refractivity contribution in [3.8, 4) is 0 Å². The van der Waals surface area contributed by atoms with Crippen molar-refractivity contribution in [1.29, 1.82) is 0 Å².